The minimum atomic E-state index is -0.640. The molecule has 8 nitrogen and oxygen atoms in total. The molecule has 1 saturated heterocycles. The first kappa shape index (κ1) is 24.2. The molecule has 1 aromatic carbocycles. The van der Waals surface area contributed by atoms with E-state index in [1.807, 2.05) is 19.9 Å². The molecule has 32 heavy (non-hydrogen) atoms. The third kappa shape index (κ3) is 6.77. The molecule has 0 unspecified atom stereocenters. The number of aryl methyl sites for hydroxylation is 2. The Morgan fingerprint density at radius 1 is 1.00 bits per heavy atom. The second-order valence-electron chi connectivity index (χ2n) is 8.88. The van der Waals surface area contributed by atoms with Gasteiger partial charge in [0.15, 0.2) is 6.61 Å². The van der Waals surface area contributed by atoms with Crippen molar-refractivity contribution in [3.8, 4) is 0 Å². The summed E-state index contributed by atoms with van der Waals surface area (Å²) >= 11 is 0. The van der Waals surface area contributed by atoms with Gasteiger partial charge in [0.25, 0.3) is 11.8 Å². The molecule has 0 atom stereocenters. The Morgan fingerprint density at radius 2 is 1.66 bits per heavy atom. The quantitative estimate of drug-likeness (QED) is 0.592. The number of nitrogens with zero attached hydrogens (tertiary/aromatic N) is 1. The fourth-order valence-corrected chi connectivity index (χ4v) is 4.72. The molecule has 2 fully saturated rings. The Hall–Kier alpha value is -2.45. The van der Waals surface area contributed by atoms with Crippen LogP contribution in [0.4, 0.5) is 0 Å². The predicted octanol–water partition coefficient (Wildman–Crippen LogP) is 1.73. The second-order valence-corrected chi connectivity index (χ2v) is 8.88. The van der Waals surface area contributed by atoms with Gasteiger partial charge in [-0.15, -0.1) is 0 Å². The lowest BCUT2D eigenvalue weighted by Crippen LogP contribution is -2.59. The number of hydrogen-bond donors (Lipinski definition) is 2. The maximum Gasteiger partial charge on any atom is 0.325 e. The molecule has 2 aliphatic rings. The smallest absolute Gasteiger partial charge is 0.325 e. The standard InChI is InChI=1S/C24H35N3O5/c1-18-12-19(2)14-20(13-18)23(30)25-15-22(29)32-16-21(28)26-17-24(6-4-3-5-7-24)27-8-10-31-11-9-27/h12-14H,3-11,15-17H2,1-2H3,(H,25,30)(H,26,28). The highest BCUT2D eigenvalue weighted by molar-refractivity contribution is 5.96. The summed E-state index contributed by atoms with van der Waals surface area (Å²) in [6, 6.07) is 5.49. The van der Waals surface area contributed by atoms with E-state index in [-0.39, 0.29) is 30.5 Å². The molecule has 1 aliphatic heterocycles. The molecule has 1 heterocycles. The third-order valence-electron chi connectivity index (χ3n) is 6.32. The Kier molecular flexibility index (Phi) is 8.64. The summed E-state index contributed by atoms with van der Waals surface area (Å²) in [5.74, 6) is -1.31. The number of hydrogen-bond acceptors (Lipinski definition) is 6. The summed E-state index contributed by atoms with van der Waals surface area (Å²) in [6.45, 7) is 6.94. The van der Waals surface area contributed by atoms with Crippen LogP contribution in [0.15, 0.2) is 18.2 Å². The highest BCUT2D eigenvalue weighted by Gasteiger charge is 2.38. The lowest BCUT2D eigenvalue weighted by atomic mass is 9.79. The van der Waals surface area contributed by atoms with Crippen molar-refractivity contribution >= 4 is 17.8 Å². The fraction of sp³-hybridized carbons (Fsp3) is 0.625. The van der Waals surface area contributed by atoms with Gasteiger partial charge < -0.3 is 20.1 Å². The molecule has 2 N–H and O–H groups in total. The van der Waals surface area contributed by atoms with Crippen LogP contribution in [0.5, 0.6) is 0 Å². The molecule has 3 rings (SSSR count). The molecule has 1 aromatic rings. The number of benzene rings is 1. The number of esters is 1. The predicted molar refractivity (Wildman–Crippen MR) is 120 cm³/mol. The van der Waals surface area contributed by atoms with E-state index in [4.69, 9.17) is 9.47 Å². The molecule has 0 spiro atoms. The van der Waals surface area contributed by atoms with Crippen molar-refractivity contribution < 1.29 is 23.9 Å². The van der Waals surface area contributed by atoms with Crippen LogP contribution in [0.3, 0.4) is 0 Å². The normalized spacial score (nSPS) is 18.6. The van der Waals surface area contributed by atoms with Gasteiger partial charge in [0, 0.05) is 30.7 Å². The van der Waals surface area contributed by atoms with Gasteiger partial charge in [-0.25, -0.2) is 0 Å². The first-order chi connectivity index (χ1) is 15.4. The van der Waals surface area contributed by atoms with Crippen LogP contribution >= 0.6 is 0 Å². The van der Waals surface area contributed by atoms with E-state index >= 15 is 0 Å². The molecule has 1 saturated carbocycles. The topological polar surface area (TPSA) is 97.0 Å². The summed E-state index contributed by atoms with van der Waals surface area (Å²) < 4.78 is 10.5. The number of rotatable bonds is 8. The third-order valence-corrected chi connectivity index (χ3v) is 6.32. The molecule has 0 radical (unpaired) electrons. The van der Waals surface area contributed by atoms with Crippen molar-refractivity contribution in [2.75, 3.05) is 46.0 Å². The SMILES string of the molecule is Cc1cc(C)cc(C(=O)NCC(=O)OCC(=O)NCC2(N3CCOCC3)CCCCC2)c1. The number of carbonyl (C=O) groups excluding carboxylic acids is 3. The highest BCUT2D eigenvalue weighted by atomic mass is 16.5. The number of amides is 2. The van der Waals surface area contributed by atoms with Gasteiger partial charge in [-0.3, -0.25) is 19.3 Å². The first-order valence-corrected chi connectivity index (χ1v) is 11.5. The van der Waals surface area contributed by atoms with E-state index in [1.165, 1.54) is 6.42 Å². The molecule has 0 aromatic heterocycles. The van der Waals surface area contributed by atoms with Crippen LogP contribution < -0.4 is 10.6 Å². The lowest BCUT2D eigenvalue weighted by Gasteiger charge is -2.48. The van der Waals surface area contributed by atoms with E-state index < -0.39 is 5.97 Å². The molecular formula is C24H35N3O5. The Labute approximate surface area is 190 Å². The lowest BCUT2D eigenvalue weighted by molar-refractivity contribution is -0.147. The zero-order valence-electron chi connectivity index (χ0n) is 19.2. The fourth-order valence-electron chi connectivity index (χ4n) is 4.72. The minimum Gasteiger partial charge on any atom is -0.454 e. The van der Waals surface area contributed by atoms with Crippen LogP contribution in [0.2, 0.25) is 0 Å². The molecule has 8 heteroatoms. The van der Waals surface area contributed by atoms with Crippen LogP contribution in [0.1, 0.15) is 53.6 Å². The van der Waals surface area contributed by atoms with Crippen molar-refractivity contribution in [1.29, 1.82) is 0 Å². The second kappa shape index (κ2) is 11.4. The van der Waals surface area contributed by atoms with Crippen molar-refractivity contribution in [3.05, 3.63) is 34.9 Å². The maximum atomic E-state index is 12.3. The van der Waals surface area contributed by atoms with Gasteiger partial charge in [0.1, 0.15) is 6.54 Å². The Balaban J connectivity index is 1.41. The summed E-state index contributed by atoms with van der Waals surface area (Å²) in [5, 5.41) is 5.51. The monoisotopic (exact) mass is 445 g/mol. The van der Waals surface area contributed by atoms with Gasteiger partial charge >= 0.3 is 5.97 Å². The first-order valence-electron chi connectivity index (χ1n) is 11.5. The van der Waals surface area contributed by atoms with E-state index in [9.17, 15) is 14.4 Å². The van der Waals surface area contributed by atoms with Crippen LogP contribution in [0.25, 0.3) is 0 Å². The molecule has 0 bridgehead atoms. The minimum absolute atomic E-state index is 0.0401. The van der Waals surface area contributed by atoms with Crippen molar-refractivity contribution in [2.45, 2.75) is 51.5 Å². The van der Waals surface area contributed by atoms with Gasteiger partial charge in [-0.05, 0) is 38.8 Å². The van der Waals surface area contributed by atoms with E-state index in [2.05, 4.69) is 15.5 Å². The maximum absolute atomic E-state index is 12.3. The molecule has 2 amide bonds. The molecule has 1 aliphatic carbocycles. The van der Waals surface area contributed by atoms with E-state index in [1.54, 1.807) is 12.1 Å². The van der Waals surface area contributed by atoms with Gasteiger partial charge in [-0.1, -0.05) is 36.5 Å². The van der Waals surface area contributed by atoms with E-state index in [0.29, 0.717) is 12.1 Å². The molecule has 176 valence electrons. The summed E-state index contributed by atoms with van der Waals surface area (Å²) in [4.78, 5) is 39.0. The van der Waals surface area contributed by atoms with E-state index in [0.717, 1.165) is 63.1 Å². The van der Waals surface area contributed by atoms with Crippen LogP contribution in [-0.4, -0.2) is 74.2 Å². The largest absolute Gasteiger partial charge is 0.454 e. The van der Waals surface area contributed by atoms with Gasteiger partial charge in [-0.2, -0.15) is 0 Å². The number of ether oxygens (including phenoxy) is 2. The van der Waals surface area contributed by atoms with Crippen molar-refractivity contribution in [2.24, 2.45) is 0 Å². The number of carbonyl (C=O) groups is 3. The average Bonchev–Trinajstić information content (AvgIpc) is 2.80. The summed E-state index contributed by atoms with van der Waals surface area (Å²) in [7, 11) is 0. The number of morpholine rings is 1. The molecular weight excluding hydrogens is 410 g/mol. The Morgan fingerprint density at radius 3 is 2.31 bits per heavy atom. The average molecular weight is 446 g/mol. The van der Waals surface area contributed by atoms with Crippen molar-refractivity contribution in [3.63, 3.8) is 0 Å². The summed E-state index contributed by atoms with van der Waals surface area (Å²) in [5.41, 5.74) is 2.40. The highest BCUT2D eigenvalue weighted by Crippen LogP contribution is 2.33. The summed E-state index contributed by atoms with van der Waals surface area (Å²) in [6.07, 6.45) is 5.64. The number of nitrogens with one attached hydrogen (secondary N) is 2. The zero-order chi connectivity index (χ0) is 23.0. The van der Waals surface area contributed by atoms with Gasteiger partial charge in [0.2, 0.25) is 0 Å². The van der Waals surface area contributed by atoms with Crippen LogP contribution in [-0.2, 0) is 19.1 Å². The zero-order valence-corrected chi connectivity index (χ0v) is 19.2. The Bertz CT molecular complexity index is 794. The van der Waals surface area contributed by atoms with Crippen LogP contribution in [0, 0.1) is 13.8 Å². The van der Waals surface area contributed by atoms with Gasteiger partial charge in [0.05, 0.1) is 13.2 Å². The van der Waals surface area contributed by atoms with Crippen molar-refractivity contribution in [1.82, 2.24) is 15.5 Å².